The average Bonchev–Trinajstić information content (AvgIpc) is 2.12. The molecule has 2 nitrogen and oxygen atoms in total. The van der Waals surface area contributed by atoms with Crippen molar-refractivity contribution in [2.24, 2.45) is 0 Å². The highest BCUT2D eigenvalue weighted by Gasteiger charge is 2.14. The molecule has 0 N–H and O–H groups in total. The van der Waals surface area contributed by atoms with Gasteiger partial charge in [-0.25, -0.2) is 0 Å². The van der Waals surface area contributed by atoms with Crippen molar-refractivity contribution in [2.45, 2.75) is 0 Å². The zero-order valence-corrected chi connectivity index (χ0v) is 4.49. The zero-order valence-electron chi connectivity index (χ0n) is 3.68. The summed E-state index contributed by atoms with van der Waals surface area (Å²) in [5.74, 6) is 0. The second-order valence-electron chi connectivity index (χ2n) is 1.11. The van der Waals surface area contributed by atoms with E-state index in [-0.39, 0.29) is 12.4 Å². The molecule has 1 aliphatic heterocycles. The Morgan fingerprint density at radius 3 is 2.00 bits per heavy atom. The van der Waals surface area contributed by atoms with E-state index in [4.69, 9.17) is 4.84 Å². The van der Waals surface area contributed by atoms with E-state index in [2.05, 4.69) is 0 Å². The molecule has 0 spiro atoms. The smallest absolute Gasteiger partial charge is 0.0575 e. The molecule has 1 fully saturated rings. The van der Waals surface area contributed by atoms with Gasteiger partial charge in [-0.3, -0.25) is 0 Å². The second-order valence-corrected chi connectivity index (χ2v) is 1.11. The van der Waals surface area contributed by atoms with Crippen molar-refractivity contribution in [2.75, 3.05) is 20.2 Å². The molecule has 0 aromatic carbocycles. The minimum absolute atomic E-state index is 0. The summed E-state index contributed by atoms with van der Waals surface area (Å²) in [6.45, 7) is 2.24. The summed E-state index contributed by atoms with van der Waals surface area (Å²) in [5.41, 5.74) is 0. The lowest BCUT2D eigenvalue weighted by atomic mass is 11.0. The molecule has 1 saturated heterocycles. The largest absolute Gasteiger partial charge is 0.302 e. The van der Waals surface area contributed by atoms with Crippen molar-refractivity contribution in [1.82, 2.24) is 5.06 Å². The van der Waals surface area contributed by atoms with Crippen LogP contribution in [0.3, 0.4) is 0 Å². The van der Waals surface area contributed by atoms with E-state index < -0.39 is 0 Å². The van der Waals surface area contributed by atoms with Crippen LogP contribution in [-0.2, 0) is 4.84 Å². The summed E-state index contributed by atoms with van der Waals surface area (Å²) in [7, 11) is 1.69. The van der Waals surface area contributed by atoms with Crippen LogP contribution in [0.15, 0.2) is 0 Å². The summed E-state index contributed by atoms with van der Waals surface area (Å²) < 4.78 is 0. The zero-order chi connectivity index (χ0) is 3.70. The van der Waals surface area contributed by atoms with E-state index in [1.807, 2.05) is 5.06 Å². The van der Waals surface area contributed by atoms with Crippen molar-refractivity contribution in [1.29, 1.82) is 0 Å². The quantitative estimate of drug-likeness (QED) is 0.449. The molecule has 6 heavy (non-hydrogen) atoms. The Bertz CT molecular complexity index is 37.8. The van der Waals surface area contributed by atoms with E-state index in [1.165, 1.54) is 0 Å². The van der Waals surface area contributed by atoms with E-state index in [9.17, 15) is 0 Å². The van der Waals surface area contributed by atoms with E-state index in [1.54, 1.807) is 7.11 Å². The molecule has 0 bridgehead atoms. The van der Waals surface area contributed by atoms with Gasteiger partial charge in [-0.1, -0.05) is 0 Å². The fraction of sp³-hybridized carbons (Fsp3) is 1.00. The molecule has 3 heteroatoms. The van der Waals surface area contributed by atoms with Crippen LogP contribution in [-0.4, -0.2) is 25.3 Å². The standard InChI is InChI=1S/C3H7NO.ClH/c1-5-4-2-3-4;/h2-3H2,1H3;1H. The van der Waals surface area contributed by atoms with Crippen molar-refractivity contribution >= 4 is 12.4 Å². The first kappa shape index (κ1) is 6.21. The maximum atomic E-state index is 4.69. The first-order chi connectivity index (χ1) is 2.43. The number of rotatable bonds is 1. The minimum atomic E-state index is 0. The van der Waals surface area contributed by atoms with Gasteiger partial charge < -0.3 is 4.84 Å². The van der Waals surface area contributed by atoms with Gasteiger partial charge in [0.05, 0.1) is 7.11 Å². The molecule has 1 rings (SSSR count). The van der Waals surface area contributed by atoms with Crippen molar-refractivity contribution in [3.8, 4) is 0 Å². The summed E-state index contributed by atoms with van der Waals surface area (Å²) in [5, 5.41) is 1.88. The Morgan fingerprint density at radius 1 is 1.50 bits per heavy atom. The van der Waals surface area contributed by atoms with Crippen LogP contribution >= 0.6 is 12.4 Å². The molecule has 0 aliphatic carbocycles. The first-order valence-electron chi connectivity index (χ1n) is 1.72. The topological polar surface area (TPSA) is 12.2 Å². The van der Waals surface area contributed by atoms with Crippen LogP contribution in [0.25, 0.3) is 0 Å². The number of hydrogen-bond acceptors (Lipinski definition) is 2. The highest BCUT2D eigenvalue weighted by Crippen LogP contribution is 1.99. The van der Waals surface area contributed by atoms with Crippen LogP contribution in [0.5, 0.6) is 0 Å². The van der Waals surface area contributed by atoms with E-state index in [0.29, 0.717) is 0 Å². The van der Waals surface area contributed by atoms with Crippen LogP contribution in [0.2, 0.25) is 0 Å². The summed E-state index contributed by atoms with van der Waals surface area (Å²) in [6.07, 6.45) is 0. The number of halogens is 1. The Balaban J connectivity index is 0.000000250. The minimum Gasteiger partial charge on any atom is -0.302 e. The molecule has 0 amide bonds. The Hall–Kier alpha value is 0.210. The fourth-order valence-corrected chi connectivity index (χ4v) is 0.223. The molecule has 38 valence electrons. The molecular weight excluding hydrogens is 101 g/mol. The predicted octanol–water partition coefficient (Wildman–Crippen LogP) is 0.285. The predicted molar refractivity (Wildman–Crippen MR) is 25.8 cm³/mol. The number of nitrogens with zero attached hydrogens (tertiary/aromatic N) is 1. The van der Waals surface area contributed by atoms with Gasteiger partial charge in [0.15, 0.2) is 0 Å². The van der Waals surface area contributed by atoms with Crippen LogP contribution in [0, 0.1) is 0 Å². The second kappa shape index (κ2) is 2.39. The maximum Gasteiger partial charge on any atom is 0.0575 e. The van der Waals surface area contributed by atoms with E-state index >= 15 is 0 Å². The average molecular weight is 110 g/mol. The Labute approximate surface area is 43.4 Å². The Kier molecular flexibility index (Phi) is 2.48. The molecule has 0 aromatic heterocycles. The van der Waals surface area contributed by atoms with Gasteiger partial charge in [-0.05, 0) is 0 Å². The lowest BCUT2D eigenvalue weighted by Gasteiger charge is -1.85. The third-order valence-electron chi connectivity index (χ3n) is 0.664. The normalized spacial score (nSPS) is 19.5. The van der Waals surface area contributed by atoms with Gasteiger partial charge in [0.2, 0.25) is 0 Å². The fourth-order valence-electron chi connectivity index (χ4n) is 0.223. The van der Waals surface area contributed by atoms with Crippen molar-refractivity contribution in [3.63, 3.8) is 0 Å². The first-order valence-corrected chi connectivity index (χ1v) is 1.72. The van der Waals surface area contributed by atoms with E-state index in [0.717, 1.165) is 13.1 Å². The molecule has 1 heterocycles. The lowest BCUT2D eigenvalue weighted by molar-refractivity contribution is -0.0240. The molecule has 0 unspecified atom stereocenters. The van der Waals surface area contributed by atoms with Crippen LogP contribution < -0.4 is 0 Å². The van der Waals surface area contributed by atoms with Crippen LogP contribution in [0.1, 0.15) is 0 Å². The molecule has 0 aromatic rings. The molecule has 1 aliphatic rings. The molecule has 0 saturated carbocycles. The SMILES string of the molecule is CON1CC1.Cl. The monoisotopic (exact) mass is 109 g/mol. The third-order valence-corrected chi connectivity index (χ3v) is 0.664. The summed E-state index contributed by atoms with van der Waals surface area (Å²) >= 11 is 0. The maximum absolute atomic E-state index is 4.69. The third kappa shape index (κ3) is 1.60. The van der Waals surface area contributed by atoms with Crippen molar-refractivity contribution < 1.29 is 4.84 Å². The van der Waals surface area contributed by atoms with Crippen LogP contribution in [0.4, 0.5) is 0 Å². The summed E-state index contributed by atoms with van der Waals surface area (Å²) in [4.78, 5) is 4.69. The number of hydrogen-bond donors (Lipinski definition) is 0. The Morgan fingerprint density at radius 2 is 2.00 bits per heavy atom. The highest BCUT2D eigenvalue weighted by atomic mass is 35.5. The summed E-state index contributed by atoms with van der Waals surface area (Å²) in [6, 6.07) is 0. The van der Waals surface area contributed by atoms with Gasteiger partial charge in [-0.15, -0.1) is 12.4 Å². The van der Waals surface area contributed by atoms with Gasteiger partial charge in [0, 0.05) is 13.1 Å². The van der Waals surface area contributed by atoms with Gasteiger partial charge in [-0.2, -0.15) is 5.06 Å². The molecular formula is C3H8ClNO. The van der Waals surface area contributed by atoms with Gasteiger partial charge >= 0.3 is 0 Å². The van der Waals surface area contributed by atoms with Gasteiger partial charge in [0.25, 0.3) is 0 Å². The number of hydroxylamine groups is 2. The van der Waals surface area contributed by atoms with Gasteiger partial charge in [0.1, 0.15) is 0 Å². The molecule has 0 atom stereocenters. The van der Waals surface area contributed by atoms with Crippen molar-refractivity contribution in [3.05, 3.63) is 0 Å². The highest BCUT2D eigenvalue weighted by molar-refractivity contribution is 5.85. The molecule has 0 radical (unpaired) electrons. The lowest BCUT2D eigenvalue weighted by Crippen LogP contribution is -1.88.